The highest BCUT2D eigenvalue weighted by molar-refractivity contribution is 7.98. The monoisotopic (exact) mass is 331 g/mol. The second-order valence-electron chi connectivity index (χ2n) is 5.64. The summed E-state index contributed by atoms with van der Waals surface area (Å²) < 4.78 is 2.07. The van der Waals surface area contributed by atoms with E-state index < -0.39 is 0 Å². The van der Waals surface area contributed by atoms with Crippen LogP contribution in [-0.4, -0.2) is 20.6 Å². The van der Waals surface area contributed by atoms with Crippen LogP contribution in [-0.2, 0) is 0 Å². The van der Waals surface area contributed by atoms with Gasteiger partial charge in [0, 0.05) is 27.9 Å². The van der Waals surface area contributed by atoms with E-state index in [1.54, 1.807) is 11.8 Å². The summed E-state index contributed by atoms with van der Waals surface area (Å²) in [6.07, 6.45) is 4.13. The van der Waals surface area contributed by atoms with Gasteiger partial charge in [0.2, 0.25) is 5.78 Å². The number of benzene rings is 2. The molecule has 0 saturated heterocycles. The van der Waals surface area contributed by atoms with E-state index in [1.165, 1.54) is 4.90 Å². The predicted molar refractivity (Wildman–Crippen MR) is 100 cm³/mol. The van der Waals surface area contributed by atoms with Gasteiger partial charge in [-0.25, -0.2) is 9.97 Å². The molecule has 2 aromatic heterocycles. The average molecular weight is 331 g/mol. The third-order valence-corrected chi connectivity index (χ3v) is 4.79. The second-order valence-corrected chi connectivity index (χ2v) is 6.52. The van der Waals surface area contributed by atoms with Crippen LogP contribution in [0.4, 0.5) is 0 Å². The Labute approximate surface area is 145 Å². The van der Waals surface area contributed by atoms with Crippen LogP contribution in [0.25, 0.3) is 28.3 Å². The topological polar surface area (TPSA) is 30.2 Å². The number of hydrogen-bond acceptors (Lipinski definition) is 3. The molecule has 0 saturated carbocycles. The molecule has 0 aliphatic carbocycles. The minimum absolute atomic E-state index is 0.734. The first kappa shape index (κ1) is 15.0. The van der Waals surface area contributed by atoms with Gasteiger partial charge in [-0.05, 0) is 31.4 Å². The molecule has 0 amide bonds. The fourth-order valence-corrected chi connectivity index (χ4v) is 3.25. The Morgan fingerprint density at radius 3 is 2.29 bits per heavy atom. The number of thioether (sulfide) groups is 1. The van der Waals surface area contributed by atoms with Crippen molar-refractivity contribution in [2.45, 2.75) is 11.8 Å². The molecule has 2 heterocycles. The van der Waals surface area contributed by atoms with E-state index in [4.69, 9.17) is 4.98 Å². The minimum Gasteiger partial charge on any atom is -0.283 e. The molecule has 0 spiro atoms. The first-order valence-electron chi connectivity index (χ1n) is 7.82. The Balaban J connectivity index is 1.99. The maximum atomic E-state index is 4.82. The van der Waals surface area contributed by atoms with Crippen LogP contribution in [0.1, 0.15) is 5.69 Å². The summed E-state index contributed by atoms with van der Waals surface area (Å²) in [7, 11) is 0. The van der Waals surface area contributed by atoms with Gasteiger partial charge in [0.15, 0.2) is 0 Å². The fraction of sp³-hybridized carbons (Fsp3) is 0.100. The first-order valence-corrected chi connectivity index (χ1v) is 9.04. The highest BCUT2D eigenvalue weighted by Crippen LogP contribution is 2.33. The zero-order valence-electron chi connectivity index (χ0n) is 13.6. The average Bonchev–Trinajstić information content (AvgIpc) is 3.01. The molecule has 4 aromatic rings. The van der Waals surface area contributed by atoms with Crippen molar-refractivity contribution in [3.63, 3.8) is 0 Å². The Bertz CT molecular complexity index is 989. The highest BCUT2D eigenvalue weighted by atomic mass is 32.2. The van der Waals surface area contributed by atoms with E-state index in [0.29, 0.717) is 0 Å². The quantitative estimate of drug-likeness (QED) is 0.490. The van der Waals surface area contributed by atoms with Gasteiger partial charge in [-0.15, -0.1) is 11.8 Å². The van der Waals surface area contributed by atoms with Gasteiger partial charge in [-0.2, -0.15) is 0 Å². The van der Waals surface area contributed by atoms with Gasteiger partial charge < -0.3 is 0 Å². The molecular weight excluding hydrogens is 314 g/mol. The van der Waals surface area contributed by atoms with E-state index in [9.17, 15) is 0 Å². The predicted octanol–water partition coefficient (Wildman–Crippen LogP) is 5.09. The van der Waals surface area contributed by atoms with Gasteiger partial charge in [0.05, 0.1) is 11.4 Å². The number of fused-ring (bicyclic) bond motifs is 1. The highest BCUT2D eigenvalue weighted by Gasteiger charge is 2.16. The van der Waals surface area contributed by atoms with E-state index in [-0.39, 0.29) is 0 Å². The normalized spacial score (nSPS) is 11.1. The van der Waals surface area contributed by atoms with Crippen LogP contribution in [0, 0.1) is 6.92 Å². The Hall–Kier alpha value is -2.59. The zero-order valence-corrected chi connectivity index (χ0v) is 14.4. The van der Waals surface area contributed by atoms with Crippen molar-refractivity contribution in [1.29, 1.82) is 0 Å². The van der Waals surface area contributed by atoms with Crippen molar-refractivity contribution in [1.82, 2.24) is 14.4 Å². The van der Waals surface area contributed by atoms with Gasteiger partial charge >= 0.3 is 0 Å². The van der Waals surface area contributed by atoms with Crippen LogP contribution in [0.3, 0.4) is 0 Å². The SMILES string of the molecule is CSc1ccc(-c2nc3nc(C)ccn3c2-c2ccccc2)cc1. The number of rotatable bonds is 3. The van der Waals surface area contributed by atoms with Crippen molar-refractivity contribution in [3.8, 4) is 22.5 Å². The van der Waals surface area contributed by atoms with Crippen molar-refractivity contribution in [3.05, 3.63) is 72.6 Å². The molecule has 0 unspecified atom stereocenters. The van der Waals surface area contributed by atoms with E-state index in [2.05, 4.69) is 64.2 Å². The molecule has 0 atom stereocenters. The molecule has 118 valence electrons. The Morgan fingerprint density at radius 2 is 1.58 bits per heavy atom. The first-order chi connectivity index (χ1) is 11.8. The lowest BCUT2D eigenvalue weighted by Crippen LogP contribution is -1.92. The lowest BCUT2D eigenvalue weighted by molar-refractivity contribution is 1.07. The minimum atomic E-state index is 0.734. The zero-order chi connectivity index (χ0) is 16.5. The standard InChI is InChI=1S/C20H17N3S/c1-14-12-13-23-19(16-6-4-3-5-7-16)18(22-20(23)21-14)15-8-10-17(24-2)11-9-15/h3-13H,1-2H3. The summed E-state index contributed by atoms with van der Waals surface area (Å²) >= 11 is 1.74. The summed E-state index contributed by atoms with van der Waals surface area (Å²) in [5.41, 5.74) is 5.26. The fourth-order valence-electron chi connectivity index (χ4n) is 2.84. The molecule has 0 bridgehead atoms. The maximum absolute atomic E-state index is 4.82. The molecule has 0 fully saturated rings. The van der Waals surface area contributed by atoms with Crippen molar-refractivity contribution in [2.24, 2.45) is 0 Å². The molecule has 2 aromatic carbocycles. The number of aryl methyl sites for hydroxylation is 1. The lowest BCUT2D eigenvalue weighted by Gasteiger charge is -2.06. The largest absolute Gasteiger partial charge is 0.283 e. The molecule has 4 heteroatoms. The van der Waals surface area contributed by atoms with Gasteiger partial charge in [-0.1, -0.05) is 42.5 Å². The van der Waals surface area contributed by atoms with Crippen molar-refractivity contribution < 1.29 is 0 Å². The van der Waals surface area contributed by atoms with Crippen molar-refractivity contribution >= 4 is 17.5 Å². The molecule has 0 radical (unpaired) electrons. The molecule has 0 N–H and O–H groups in total. The molecule has 0 aliphatic heterocycles. The molecule has 3 nitrogen and oxygen atoms in total. The van der Waals surface area contributed by atoms with Crippen LogP contribution >= 0.6 is 11.8 Å². The Morgan fingerprint density at radius 1 is 0.833 bits per heavy atom. The van der Waals surface area contributed by atoms with Crippen LogP contribution < -0.4 is 0 Å². The van der Waals surface area contributed by atoms with Crippen molar-refractivity contribution in [2.75, 3.05) is 6.26 Å². The molecular formula is C20H17N3S. The molecule has 0 aliphatic rings. The third kappa shape index (κ3) is 2.59. The smallest absolute Gasteiger partial charge is 0.235 e. The third-order valence-electron chi connectivity index (χ3n) is 4.04. The van der Waals surface area contributed by atoms with Crippen LogP contribution in [0.2, 0.25) is 0 Å². The lowest BCUT2D eigenvalue weighted by atomic mass is 10.1. The second kappa shape index (κ2) is 6.13. The van der Waals surface area contributed by atoms with Crippen LogP contribution in [0.15, 0.2) is 71.8 Å². The summed E-state index contributed by atoms with van der Waals surface area (Å²) in [5, 5.41) is 0. The Kier molecular flexibility index (Phi) is 3.82. The molecule has 4 rings (SSSR count). The van der Waals surface area contributed by atoms with E-state index in [1.807, 2.05) is 25.3 Å². The summed E-state index contributed by atoms with van der Waals surface area (Å²) in [6, 6.07) is 20.9. The van der Waals surface area contributed by atoms with Gasteiger partial charge in [0.1, 0.15) is 0 Å². The number of aromatic nitrogens is 3. The number of nitrogens with zero attached hydrogens (tertiary/aromatic N) is 3. The molecule has 24 heavy (non-hydrogen) atoms. The summed E-state index contributed by atoms with van der Waals surface area (Å²) in [5.74, 6) is 0.734. The number of imidazole rings is 1. The van der Waals surface area contributed by atoms with Gasteiger partial charge in [-0.3, -0.25) is 4.40 Å². The van der Waals surface area contributed by atoms with Gasteiger partial charge in [0.25, 0.3) is 0 Å². The van der Waals surface area contributed by atoms with E-state index >= 15 is 0 Å². The van der Waals surface area contributed by atoms with Crippen LogP contribution in [0.5, 0.6) is 0 Å². The maximum Gasteiger partial charge on any atom is 0.235 e. The number of hydrogen-bond donors (Lipinski definition) is 0. The summed E-state index contributed by atoms with van der Waals surface area (Å²) in [6.45, 7) is 1.99. The van der Waals surface area contributed by atoms with E-state index in [0.717, 1.165) is 34.0 Å². The summed E-state index contributed by atoms with van der Waals surface area (Å²) in [4.78, 5) is 10.7.